The Morgan fingerprint density at radius 1 is 1.29 bits per heavy atom. The van der Waals surface area contributed by atoms with Crippen LogP contribution in [0.4, 0.5) is 0 Å². The molecule has 0 atom stereocenters. The van der Waals surface area contributed by atoms with E-state index in [2.05, 4.69) is 14.8 Å². The molecule has 0 aliphatic carbocycles. The SMILES string of the molecule is Cc1c(S(=O)(=O)NCCOCCN(C)C)cnn1-c1ccccn1. The molecule has 0 unspecified atom stereocenters. The molecule has 0 radical (unpaired) electrons. The molecular weight excluding hydrogens is 330 g/mol. The number of nitrogens with one attached hydrogen (secondary N) is 1. The van der Waals surface area contributed by atoms with Gasteiger partial charge in [0.2, 0.25) is 10.0 Å². The molecule has 0 aliphatic heterocycles. The summed E-state index contributed by atoms with van der Waals surface area (Å²) in [5.41, 5.74) is 0.509. The summed E-state index contributed by atoms with van der Waals surface area (Å²) in [6, 6.07) is 5.38. The van der Waals surface area contributed by atoms with Crippen LogP contribution in [0.25, 0.3) is 5.82 Å². The highest BCUT2D eigenvalue weighted by atomic mass is 32.2. The van der Waals surface area contributed by atoms with Crippen molar-refractivity contribution in [2.24, 2.45) is 0 Å². The molecule has 0 aromatic carbocycles. The van der Waals surface area contributed by atoms with Crippen LogP contribution >= 0.6 is 0 Å². The zero-order valence-electron chi connectivity index (χ0n) is 14.1. The van der Waals surface area contributed by atoms with Crippen LogP contribution in [0.5, 0.6) is 0 Å². The summed E-state index contributed by atoms with van der Waals surface area (Å²) in [5, 5.41) is 4.13. The number of pyridine rings is 1. The largest absolute Gasteiger partial charge is 0.379 e. The predicted octanol–water partition coefficient (Wildman–Crippen LogP) is 0.432. The normalized spacial score (nSPS) is 12.0. The van der Waals surface area contributed by atoms with Crippen LogP contribution in [0, 0.1) is 6.92 Å². The minimum atomic E-state index is -3.63. The molecule has 0 amide bonds. The molecule has 9 heteroatoms. The maximum Gasteiger partial charge on any atom is 0.244 e. The van der Waals surface area contributed by atoms with E-state index in [0.717, 1.165) is 6.54 Å². The summed E-state index contributed by atoms with van der Waals surface area (Å²) in [4.78, 5) is 6.32. The van der Waals surface area contributed by atoms with Gasteiger partial charge in [0.05, 0.1) is 25.1 Å². The van der Waals surface area contributed by atoms with Crippen molar-refractivity contribution >= 4 is 10.0 Å². The highest BCUT2D eigenvalue weighted by molar-refractivity contribution is 7.89. The van der Waals surface area contributed by atoms with Gasteiger partial charge in [0.25, 0.3) is 0 Å². The molecule has 0 fully saturated rings. The fourth-order valence-corrected chi connectivity index (χ4v) is 3.21. The van der Waals surface area contributed by atoms with Gasteiger partial charge in [-0.05, 0) is 33.2 Å². The lowest BCUT2D eigenvalue weighted by Gasteiger charge is -2.10. The average Bonchev–Trinajstić information content (AvgIpc) is 2.94. The number of hydrogen-bond donors (Lipinski definition) is 1. The van der Waals surface area contributed by atoms with Crippen molar-refractivity contribution in [3.8, 4) is 5.82 Å². The minimum absolute atomic E-state index is 0.140. The smallest absolute Gasteiger partial charge is 0.244 e. The van der Waals surface area contributed by atoms with Crippen LogP contribution in [0.2, 0.25) is 0 Å². The number of nitrogens with zero attached hydrogens (tertiary/aromatic N) is 4. The van der Waals surface area contributed by atoms with E-state index in [1.165, 1.54) is 10.9 Å². The second-order valence-electron chi connectivity index (χ2n) is 5.51. The molecule has 0 aliphatic rings. The van der Waals surface area contributed by atoms with Crippen molar-refractivity contribution in [2.75, 3.05) is 40.4 Å². The molecule has 24 heavy (non-hydrogen) atoms. The first-order valence-electron chi connectivity index (χ1n) is 7.60. The van der Waals surface area contributed by atoms with Crippen molar-refractivity contribution in [3.05, 3.63) is 36.3 Å². The summed E-state index contributed by atoms with van der Waals surface area (Å²) in [5.74, 6) is 0.573. The Kier molecular flexibility index (Phi) is 6.44. The number of hydrogen-bond acceptors (Lipinski definition) is 6. The van der Waals surface area contributed by atoms with Crippen LogP contribution in [0.15, 0.2) is 35.5 Å². The van der Waals surface area contributed by atoms with Gasteiger partial charge in [-0.2, -0.15) is 5.10 Å². The van der Waals surface area contributed by atoms with E-state index in [-0.39, 0.29) is 11.4 Å². The first kappa shape index (κ1) is 18.5. The summed E-state index contributed by atoms with van der Waals surface area (Å²) in [7, 11) is 0.272. The Balaban J connectivity index is 1.96. The summed E-state index contributed by atoms with van der Waals surface area (Å²) < 4.78 is 34.2. The third-order valence-electron chi connectivity index (χ3n) is 3.34. The zero-order valence-corrected chi connectivity index (χ0v) is 15.0. The van der Waals surface area contributed by atoms with E-state index in [1.807, 2.05) is 25.1 Å². The minimum Gasteiger partial charge on any atom is -0.379 e. The summed E-state index contributed by atoms with van der Waals surface area (Å²) in [6.07, 6.45) is 2.97. The van der Waals surface area contributed by atoms with Gasteiger partial charge in [0, 0.05) is 19.3 Å². The van der Waals surface area contributed by atoms with Gasteiger partial charge >= 0.3 is 0 Å². The molecule has 132 valence electrons. The van der Waals surface area contributed by atoms with E-state index in [4.69, 9.17) is 4.74 Å². The van der Waals surface area contributed by atoms with Crippen molar-refractivity contribution < 1.29 is 13.2 Å². The molecule has 0 spiro atoms. The van der Waals surface area contributed by atoms with Crippen LogP contribution in [0.3, 0.4) is 0 Å². The van der Waals surface area contributed by atoms with E-state index in [1.54, 1.807) is 25.3 Å². The van der Waals surface area contributed by atoms with Gasteiger partial charge in [-0.1, -0.05) is 6.07 Å². The topological polar surface area (TPSA) is 89.4 Å². The maximum absolute atomic E-state index is 12.4. The van der Waals surface area contributed by atoms with E-state index < -0.39 is 10.0 Å². The lowest BCUT2D eigenvalue weighted by molar-refractivity contribution is 0.122. The molecular formula is C15H23N5O3S. The first-order valence-corrected chi connectivity index (χ1v) is 9.08. The standard InChI is InChI=1S/C15H23N5O3S/c1-13-14(12-17-20(13)15-6-4-5-7-16-15)24(21,22)18-8-10-23-11-9-19(2)3/h4-7,12,18H,8-11H2,1-3H3. The van der Waals surface area contributed by atoms with Gasteiger partial charge in [-0.25, -0.2) is 22.8 Å². The number of aromatic nitrogens is 3. The number of sulfonamides is 1. The molecule has 2 heterocycles. The summed E-state index contributed by atoms with van der Waals surface area (Å²) >= 11 is 0. The lowest BCUT2D eigenvalue weighted by atomic mass is 10.4. The number of rotatable bonds is 9. The zero-order chi connectivity index (χ0) is 17.6. The van der Waals surface area contributed by atoms with Gasteiger partial charge < -0.3 is 9.64 Å². The Bertz CT molecular complexity index is 744. The van der Waals surface area contributed by atoms with Crippen molar-refractivity contribution in [2.45, 2.75) is 11.8 Å². The van der Waals surface area contributed by atoms with Gasteiger partial charge in [0.15, 0.2) is 5.82 Å². The first-order chi connectivity index (χ1) is 11.4. The van der Waals surface area contributed by atoms with Gasteiger partial charge in [-0.15, -0.1) is 0 Å². The number of likely N-dealkylation sites (N-methyl/N-ethyl adjacent to an activating group) is 1. The second kappa shape index (κ2) is 8.34. The molecule has 0 bridgehead atoms. The Labute approximate surface area is 142 Å². The van der Waals surface area contributed by atoms with E-state index in [9.17, 15) is 8.42 Å². The fourth-order valence-electron chi connectivity index (χ4n) is 2.04. The van der Waals surface area contributed by atoms with Crippen LogP contribution in [-0.4, -0.2) is 68.5 Å². The van der Waals surface area contributed by atoms with Crippen LogP contribution < -0.4 is 4.72 Å². The summed E-state index contributed by atoms with van der Waals surface area (Å²) in [6.45, 7) is 3.59. The molecule has 2 aromatic heterocycles. The van der Waals surface area contributed by atoms with E-state index >= 15 is 0 Å². The Hall–Kier alpha value is -1.81. The van der Waals surface area contributed by atoms with Crippen LogP contribution in [-0.2, 0) is 14.8 Å². The van der Waals surface area contributed by atoms with Crippen molar-refractivity contribution in [3.63, 3.8) is 0 Å². The molecule has 0 saturated heterocycles. The van der Waals surface area contributed by atoms with Gasteiger partial charge in [0.1, 0.15) is 4.90 Å². The molecule has 1 N–H and O–H groups in total. The quantitative estimate of drug-likeness (QED) is 0.658. The molecule has 2 aromatic rings. The maximum atomic E-state index is 12.4. The predicted molar refractivity (Wildman–Crippen MR) is 90.7 cm³/mol. The fraction of sp³-hybridized carbons (Fsp3) is 0.467. The highest BCUT2D eigenvalue weighted by Crippen LogP contribution is 2.16. The lowest BCUT2D eigenvalue weighted by Crippen LogP contribution is -2.28. The van der Waals surface area contributed by atoms with Crippen LogP contribution in [0.1, 0.15) is 5.69 Å². The average molecular weight is 353 g/mol. The monoisotopic (exact) mass is 353 g/mol. The van der Waals surface area contributed by atoms with Crippen molar-refractivity contribution in [1.29, 1.82) is 0 Å². The van der Waals surface area contributed by atoms with Gasteiger partial charge in [-0.3, -0.25) is 0 Å². The Morgan fingerprint density at radius 3 is 2.75 bits per heavy atom. The molecule has 0 saturated carbocycles. The molecule has 8 nitrogen and oxygen atoms in total. The Morgan fingerprint density at radius 2 is 2.08 bits per heavy atom. The molecule has 2 rings (SSSR count). The second-order valence-corrected chi connectivity index (χ2v) is 7.24. The van der Waals surface area contributed by atoms with E-state index in [0.29, 0.717) is 24.7 Å². The third-order valence-corrected chi connectivity index (χ3v) is 4.91. The highest BCUT2D eigenvalue weighted by Gasteiger charge is 2.21. The van der Waals surface area contributed by atoms with Crippen molar-refractivity contribution in [1.82, 2.24) is 24.4 Å². The third kappa shape index (κ3) is 4.84. The number of ether oxygens (including phenoxy) is 1.